The summed E-state index contributed by atoms with van der Waals surface area (Å²) in [5.41, 5.74) is 2.57. The van der Waals surface area contributed by atoms with Gasteiger partial charge in [0.2, 0.25) is 11.8 Å². The van der Waals surface area contributed by atoms with Gasteiger partial charge in [-0.25, -0.2) is 4.39 Å². The lowest BCUT2D eigenvalue weighted by Crippen LogP contribution is -2.56. The summed E-state index contributed by atoms with van der Waals surface area (Å²) in [6.07, 6.45) is 0.513. The van der Waals surface area contributed by atoms with Crippen LogP contribution in [0.3, 0.4) is 0 Å². The number of hydrogen-bond acceptors (Lipinski definition) is 6. The van der Waals surface area contributed by atoms with Crippen LogP contribution >= 0.6 is 0 Å². The third-order valence-corrected chi connectivity index (χ3v) is 7.37. The number of carbonyl (C=O) groups excluding carboxylic acids is 3. The molecule has 0 unspecified atom stereocenters. The Morgan fingerprint density at radius 3 is 2.42 bits per heavy atom. The van der Waals surface area contributed by atoms with E-state index in [-0.39, 0.29) is 48.3 Å². The Balaban J connectivity index is 1.29. The minimum Gasteiger partial charge on any atom is -0.381 e. The third-order valence-electron chi connectivity index (χ3n) is 7.37. The first-order chi connectivity index (χ1) is 17.9. The number of fused-ring (bicyclic) bond motifs is 1. The van der Waals surface area contributed by atoms with Gasteiger partial charge in [-0.3, -0.25) is 24.6 Å². The highest BCUT2D eigenvalue weighted by molar-refractivity contribution is 6.06. The van der Waals surface area contributed by atoms with E-state index in [1.54, 1.807) is 18.2 Å². The second-order valence-electron chi connectivity index (χ2n) is 11.7. The maximum Gasteiger partial charge on any atom is 0.255 e. The Kier molecular flexibility index (Phi) is 6.77. The summed E-state index contributed by atoms with van der Waals surface area (Å²) in [5.74, 6) is -1.23. The van der Waals surface area contributed by atoms with Crippen molar-refractivity contribution in [3.63, 3.8) is 0 Å². The number of piperidine rings is 1. The molecule has 3 amide bonds. The lowest BCUT2D eigenvalue weighted by molar-refractivity contribution is -0.182. The molecule has 0 aliphatic carbocycles. The topological polar surface area (TPSA) is 91.0 Å². The van der Waals surface area contributed by atoms with Crippen LogP contribution < -0.4 is 10.6 Å². The molecule has 2 N–H and O–H groups in total. The highest BCUT2D eigenvalue weighted by Crippen LogP contribution is 2.33. The first-order valence-corrected chi connectivity index (χ1v) is 13.1. The van der Waals surface area contributed by atoms with Crippen LogP contribution in [0.1, 0.15) is 67.6 Å². The Morgan fingerprint density at radius 2 is 1.71 bits per heavy atom. The lowest BCUT2D eigenvalue weighted by atomic mass is 9.98. The van der Waals surface area contributed by atoms with Crippen molar-refractivity contribution in [3.8, 4) is 0 Å². The van der Waals surface area contributed by atoms with E-state index in [4.69, 9.17) is 4.74 Å². The van der Waals surface area contributed by atoms with Crippen LogP contribution in [0.5, 0.6) is 0 Å². The number of hydrogen-bond donors (Lipinski definition) is 2. The number of nitrogens with zero attached hydrogens (tertiary/aromatic N) is 2. The SMILES string of the molecule is CC1(C)CN(Cc2cccc(CNc3cccc4c3CN([C@H]3CCC(=O)NC3=O)C4=O)c2F)CC(C)(C)O1. The minimum absolute atomic E-state index is 0.205. The van der Waals surface area contributed by atoms with Gasteiger partial charge in [-0.05, 0) is 46.2 Å². The summed E-state index contributed by atoms with van der Waals surface area (Å²) in [6.45, 7) is 10.7. The van der Waals surface area contributed by atoms with Gasteiger partial charge in [0.1, 0.15) is 11.9 Å². The molecule has 0 radical (unpaired) electrons. The first-order valence-electron chi connectivity index (χ1n) is 13.1. The Morgan fingerprint density at radius 1 is 1.03 bits per heavy atom. The Bertz CT molecular complexity index is 1280. The number of halogens is 1. The van der Waals surface area contributed by atoms with Crippen molar-refractivity contribution in [3.05, 3.63) is 64.5 Å². The fraction of sp³-hybridized carbons (Fsp3) is 0.483. The number of ether oxygens (including phenoxy) is 1. The molecule has 2 aromatic rings. The van der Waals surface area contributed by atoms with Gasteiger partial charge >= 0.3 is 0 Å². The van der Waals surface area contributed by atoms with Gasteiger partial charge in [-0.2, -0.15) is 0 Å². The van der Waals surface area contributed by atoms with Crippen molar-refractivity contribution in [2.45, 2.75) is 77.4 Å². The summed E-state index contributed by atoms with van der Waals surface area (Å²) in [5, 5.41) is 5.64. The van der Waals surface area contributed by atoms with Crippen LogP contribution in [0, 0.1) is 5.82 Å². The molecule has 1 atom stereocenters. The number of nitrogens with one attached hydrogen (secondary N) is 2. The van der Waals surface area contributed by atoms with E-state index < -0.39 is 11.9 Å². The Hall–Kier alpha value is -3.30. The molecule has 2 aromatic carbocycles. The summed E-state index contributed by atoms with van der Waals surface area (Å²) in [6, 6.07) is 10.2. The van der Waals surface area contributed by atoms with Crippen LogP contribution in [0.2, 0.25) is 0 Å². The number of carbonyl (C=O) groups is 3. The molecule has 5 rings (SSSR count). The zero-order chi connectivity index (χ0) is 27.2. The van der Waals surface area contributed by atoms with Crippen LogP contribution in [-0.2, 0) is 34.0 Å². The van der Waals surface area contributed by atoms with Gasteiger partial charge in [0.25, 0.3) is 5.91 Å². The largest absolute Gasteiger partial charge is 0.381 e. The summed E-state index contributed by atoms with van der Waals surface area (Å²) in [4.78, 5) is 40.8. The molecule has 3 aliphatic heterocycles. The molecular formula is C29H35FN4O4. The van der Waals surface area contributed by atoms with Gasteiger partial charge in [-0.15, -0.1) is 0 Å². The molecule has 38 heavy (non-hydrogen) atoms. The molecule has 2 saturated heterocycles. The standard InChI is InChI=1S/C29H35FN4O4/c1-28(2)16-33(17-29(3,4)38-28)14-19-8-5-7-18(25(19)30)13-31-22-10-6-9-20-21(22)15-34(27(20)37)23-11-12-24(35)32-26(23)36/h5-10,23,31H,11-17H2,1-4H3,(H,32,35,36)/t23-/m0/s1. The van der Waals surface area contributed by atoms with E-state index in [2.05, 4.69) is 43.2 Å². The Labute approximate surface area is 222 Å². The van der Waals surface area contributed by atoms with Crippen LogP contribution in [0.4, 0.5) is 10.1 Å². The van der Waals surface area contributed by atoms with Gasteiger partial charge < -0.3 is 15.0 Å². The van der Waals surface area contributed by atoms with Crippen LogP contribution in [0.25, 0.3) is 0 Å². The normalized spacial score (nSPS) is 22.8. The van der Waals surface area contributed by atoms with E-state index in [1.165, 1.54) is 4.90 Å². The van der Waals surface area contributed by atoms with E-state index >= 15 is 4.39 Å². The molecule has 0 spiro atoms. The highest BCUT2D eigenvalue weighted by Gasteiger charge is 2.40. The first kappa shape index (κ1) is 26.3. The molecule has 9 heteroatoms. The fourth-order valence-electron chi connectivity index (χ4n) is 6.13. The van der Waals surface area contributed by atoms with Gasteiger partial charge in [-0.1, -0.05) is 24.3 Å². The third kappa shape index (κ3) is 5.31. The minimum atomic E-state index is -0.676. The monoisotopic (exact) mass is 522 g/mol. The van der Waals surface area contributed by atoms with Crippen LogP contribution in [0.15, 0.2) is 36.4 Å². The molecule has 2 fully saturated rings. The average molecular weight is 523 g/mol. The lowest BCUT2D eigenvalue weighted by Gasteiger charge is -2.47. The predicted octanol–water partition coefficient (Wildman–Crippen LogP) is 3.59. The zero-order valence-corrected chi connectivity index (χ0v) is 22.4. The molecule has 3 heterocycles. The van der Waals surface area contributed by atoms with E-state index in [9.17, 15) is 14.4 Å². The summed E-state index contributed by atoms with van der Waals surface area (Å²) < 4.78 is 21.8. The van der Waals surface area contributed by atoms with E-state index in [1.807, 2.05) is 18.2 Å². The van der Waals surface area contributed by atoms with Crippen molar-refractivity contribution in [1.82, 2.24) is 15.1 Å². The van der Waals surface area contributed by atoms with Gasteiger partial charge in [0.05, 0.1) is 11.2 Å². The van der Waals surface area contributed by atoms with Crippen molar-refractivity contribution >= 4 is 23.4 Å². The summed E-state index contributed by atoms with van der Waals surface area (Å²) in [7, 11) is 0. The quantitative estimate of drug-likeness (QED) is 0.564. The number of amides is 3. The maximum absolute atomic E-state index is 15.6. The zero-order valence-electron chi connectivity index (χ0n) is 22.4. The summed E-state index contributed by atoms with van der Waals surface area (Å²) >= 11 is 0. The number of morpholine rings is 1. The molecular weight excluding hydrogens is 487 g/mol. The number of rotatable bonds is 6. The molecule has 0 saturated carbocycles. The number of benzene rings is 2. The maximum atomic E-state index is 15.6. The van der Waals surface area contributed by atoms with Crippen molar-refractivity contribution in [2.75, 3.05) is 18.4 Å². The van der Waals surface area contributed by atoms with Gasteiger partial charge in [0, 0.05) is 67.1 Å². The molecule has 0 bridgehead atoms. The van der Waals surface area contributed by atoms with E-state index in [0.717, 1.165) is 11.3 Å². The van der Waals surface area contributed by atoms with Crippen molar-refractivity contribution in [2.24, 2.45) is 0 Å². The molecule has 0 aromatic heterocycles. The highest BCUT2D eigenvalue weighted by atomic mass is 19.1. The molecule has 8 nitrogen and oxygen atoms in total. The second-order valence-corrected chi connectivity index (χ2v) is 11.7. The van der Waals surface area contributed by atoms with Crippen molar-refractivity contribution < 1.29 is 23.5 Å². The second kappa shape index (κ2) is 9.78. The molecule has 3 aliphatic rings. The van der Waals surface area contributed by atoms with Gasteiger partial charge in [0.15, 0.2) is 0 Å². The smallest absolute Gasteiger partial charge is 0.255 e. The number of imide groups is 1. The number of anilines is 1. The van der Waals surface area contributed by atoms with Crippen LogP contribution in [-0.4, -0.2) is 57.9 Å². The predicted molar refractivity (Wildman–Crippen MR) is 141 cm³/mol. The van der Waals surface area contributed by atoms with Crippen molar-refractivity contribution in [1.29, 1.82) is 0 Å². The van der Waals surface area contributed by atoms with E-state index in [0.29, 0.717) is 42.7 Å². The molecule has 202 valence electrons. The average Bonchev–Trinajstić information content (AvgIpc) is 3.14. The fourth-order valence-corrected chi connectivity index (χ4v) is 6.13.